The van der Waals surface area contributed by atoms with E-state index in [-0.39, 0.29) is 0 Å². The van der Waals surface area contributed by atoms with Crippen molar-refractivity contribution < 1.29 is 0 Å². The van der Waals surface area contributed by atoms with Crippen LogP contribution in [0.1, 0.15) is 43.5 Å². The van der Waals surface area contributed by atoms with Gasteiger partial charge in [0.2, 0.25) is 0 Å². The topological polar surface area (TPSA) is 15.3 Å². The molecule has 0 bridgehead atoms. The maximum absolute atomic E-state index is 3.81. The summed E-state index contributed by atoms with van der Waals surface area (Å²) in [5.74, 6) is 0.838. The molecule has 3 atom stereocenters. The van der Waals surface area contributed by atoms with Crippen LogP contribution < -0.4 is 5.32 Å². The quantitative estimate of drug-likeness (QED) is 0.877. The Morgan fingerprint density at radius 1 is 1.39 bits per heavy atom. The van der Waals surface area contributed by atoms with E-state index in [1.54, 1.807) is 0 Å². The van der Waals surface area contributed by atoms with Crippen molar-refractivity contribution in [2.24, 2.45) is 5.92 Å². The first kappa shape index (κ1) is 14.0. The van der Waals surface area contributed by atoms with Crippen molar-refractivity contribution in [1.29, 1.82) is 0 Å². The average molecular weight is 266 g/mol. The first-order valence-electron chi connectivity index (χ1n) is 7.11. The fourth-order valence-corrected chi connectivity index (χ4v) is 3.82. The zero-order chi connectivity index (χ0) is 13.0. The minimum absolute atomic E-state index is 0.513. The summed E-state index contributed by atoms with van der Waals surface area (Å²) in [7, 11) is 4.35. The van der Waals surface area contributed by atoms with Crippen LogP contribution in [0.2, 0.25) is 0 Å². The summed E-state index contributed by atoms with van der Waals surface area (Å²) < 4.78 is 0. The Labute approximate surface area is 115 Å². The summed E-state index contributed by atoms with van der Waals surface area (Å²) in [6, 6.07) is 5.64. The molecule has 0 saturated heterocycles. The number of rotatable bonds is 5. The molecule has 0 amide bonds. The summed E-state index contributed by atoms with van der Waals surface area (Å²) in [5, 5.41) is 5.98. The normalized spacial score (nSPS) is 26.4. The van der Waals surface area contributed by atoms with Gasteiger partial charge >= 0.3 is 0 Å². The Hall–Kier alpha value is -0.380. The van der Waals surface area contributed by atoms with Crippen LogP contribution in [0.25, 0.3) is 0 Å². The van der Waals surface area contributed by atoms with Gasteiger partial charge in [0, 0.05) is 17.5 Å². The van der Waals surface area contributed by atoms with Gasteiger partial charge in [0.25, 0.3) is 0 Å². The molecule has 1 heterocycles. The minimum atomic E-state index is 0.513. The molecule has 1 N–H and O–H groups in total. The second-order valence-electron chi connectivity index (χ2n) is 5.77. The van der Waals surface area contributed by atoms with Crippen molar-refractivity contribution in [3.8, 4) is 0 Å². The van der Waals surface area contributed by atoms with Crippen LogP contribution in [-0.2, 0) is 0 Å². The van der Waals surface area contributed by atoms with E-state index in [2.05, 4.69) is 48.7 Å². The molecule has 102 valence electrons. The summed E-state index contributed by atoms with van der Waals surface area (Å²) in [5.41, 5.74) is 0. The van der Waals surface area contributed by atoms with E-state index in [4.69, 9.17) is 0 Å². The predicted molar refractivity (Wildman–Crippen MR) is 80.2 cm³/mol. The molecule has 1 aliphatic rings. The summed E-state index contributed by atoms with van der Waals surface area (Å²) in [4.78, 5) is 3.79. The molecule has 0 radical (unpaired) electrons. The molecule has 1 aromatic rings. The van der Waals surface area contributed by atoms with E-state index < -0.39 is 0 Å². The van der Waals surface area contributed by atoms with E-state index in [0.29, 0.717) is 6.04 Å². The fourth-order valence-electron chi connectivity index (χ4n) is 2.90. The van der Waals surface area contributed by atoms with E-state index >= 15 is 0 Å². The van der Waals surface area contributed by atoms with Gasteiger partial charge in [-0.1, -0.05) is 25.8 Å². The maximum Gasteiger partial charge on any atom is 0.0561 e. The predicted octanol–water partition coefficient (Wildman–Crippen LogP) is 3.52. The summed E-state index contributed by atoms with van der Waals surface area (Å²) in [6.07, 6.45) is 5.56. The lowest BCUT2D eigenvalue weighted by Gasteiger charge is -2.32. The van der Waals surface area contributed by atoms with Gasteiger partial charge in [0.05, 0.1) is 6.04 Å². The first-order valence-corrected chi connectivity index (χ1v) is 7.99. The van der Waals surface area contributed by atoms with E-state index in [9.17, 15) is 0 Å². The maximum atomic E-state index is 3.81. The number of hydrogen-bond donors (Lipinski definition) is 1. The van der Waals surface area contributed by atoms with Crippen molar-refractivity contribution in [2.75, 3.05) is 20.6 Å². The zero-order valence-corrected chi connectivity index (χ0v) is 12.7. The third kappa shape index (κ3) is 3.56. The number of likely N-dealkylation sites (N-methyl/N-ethyl adjacent to an activating group) is 1. The van der Waals surface area contributed by atoms with Crippen molar-refractivity contribution in [2.45, 2.75) is 44.7 Å². The molecule has 0 aliphatic heterocycles. The van der Waals surface area contributed by atoms with Crippen LogP contribution in [0.15, 0.2) is 17.5 Å². The van der Waals surface area contributed by atoms with Crippen molar-refractivity contribution in [3.63, 3.8) is 0 Å². The molecule has 3 unspecified atom stereocenters. The molecule has 2 nitrogen and oxygen atoms in total. The number of thiophene rings is 1. The highest BCUT2D eigenvalue weighted by molar-refractivity contribution is 7.10. The second-order valence-corrected chi connectivity index (χ2v) is 6.75. The van der Waals surface area contributed by atoms with Crippen LogP contribution in [0.4, 0.5) is 0 Å². The fraction of sp³-hybridized carbons (Fsp3) is 0.733. The van der Waals surface area contributed by atoms with Gasteiger partial charge in [-0.3, -0.25) is 0 Å². The third-order valence-corrected chi connectivity index (χ3v) is 5.15. The molecule has 0 aromatic carbocycles. The molecular weight excluding hydrogens is 240 g/mol. The van der Waals surface area contributed by atoms with Gasteiger partial charge in [-0.25, -0.2) is 0 Å². The van der Waals surface area contributed by atoms with Gasteiger partial charge in [-0.2, -0.15) is 0 Å². The van der Waals surface area contributed by atoms with Crippen LogP contribution in [0.5, 0.6) is 0 Å². The average Bonchev–Trinajstić information content (AvgIpc) is 2.85. The van der Waals surface area contributed by atoms with Gasteiger partial charge in [0.15, 0.2) is 0 Å². The molecule has 1 aromatic heterocycles. The smallest absolute Gasteiger partial charge is 0.0561 e. The Bertz CT molecular complexity index is 334. The van der Waals surface area contributed by atoms with Crippen molar-refractivity contribution >= 4 is 11.3 Å². The number of nitrogens with zero attached hydrogens (tertiary/aromatic N) is 1. The van der Waals surface area contributed by atoms with Crippen LogP contribution >= 0.6 is 11.3 Å². The lowest BCUT2D eigenvalue weighted by molar-refractivity contribution is 0.237. The van der Waals surface area contributed by atoms with Gasteiger partial charge in [0.1, 0.15) is 0 Å². The molecule has 1 aliphatic carbocycles. The number of nitrogens with one attached hydrogen (secondary N) is 1. The number of hydrogen-bond acceptors (Lipinski definition) is 3. The van der Waals surface area contributed by atoms with E-state index in [1.807, 2.05) is 11.3 Å². The Balaban J connectivity index is 1.90. The lowest BCUT2D eigenvalue weighted by atomic mass is 9.86. The molecule has 1 saturated carbocycles. The highest BCUT2D eigenvalue weighted by atomic mass is 32.1. The first-order chi connectivity index (χ1) is 8.68. The van der Waals surface area contributed by atoms with Gasteiger partial charge < -0.3 is 10.2 Å². The lowest BCUT2D eigenvalue weighted by Crippen LogP contribution is -2.41. The Kier molecular flexibility index (Phi) is 5.22. The van der Waals surface area contributed by atoms with Crippen molar-refractivity contribution in [1.82, 2.24) is 10.2 Å². The largest absolute Gasteiger partial charge is 0.312 e. The molecule has 0 spiro atoms. The van der Waals surface area contributed by atoms with Crippen LogP contribution in [0.3, 0.4) is 0 Å². The SMILES string of the molecule is CC1CCCCC1NCC(c1cccs1)N(C)C. The molecule has 2 rings (SSSR count). The molecule has 1 fully saturated rings. The van der Waals surface area contributed by atoms with Gasteiger partial charge in [-0.05, 0) is 44.3 Å². The zero-order valence-electron chi connectivity index (χ0n) is 11.9. The Morgan fingerprint density at radius 2 is 2.17 bits per heavy atom. The molecule has 3 heteroatoms. The highest BCUT2D eigenvalue weighted by Crippen LogP contribution is 2.26. The highest BCUT2D eigenvalue weighted by Gasteiger charge is 2.23. The van der Waals surface area contributed by atoms with Gasteiger partial charge in [-0.15, -0.1) is 11.3 Å². The summed E-state index contributed by atoms with van der Waals surface area (Å²) >= 11 is 1.87. The molecule has 18 heavy (non-hydrogen) atoms. The van der Waals surface area contributed by atoms with Crippen LogP contribution in [0, 0.1) is 5.92 Å². The molecular formula is C15H26N2S. The monoisotopic (exact) mass is 266 g/mol. The van der Waals surface area contributed by atoms with Crippen LogP contribution in [-0.4, -0.2) is 31.6 Å². The summed E-state index contributed by atoms with van der Waals surface area (Å²) in [6.45, 7) is 3.47. The third-order valence-electron chi connectivity index (χ3n) is 4.18. The van der Waals surface area contributed by atoms with E-state index in [0.717, 1.165) is 18.5 Å². The van der Waals surface area contributed by atoms with E-state index in [1.165, 1.54) is 30.6 Å². The standard InChI is InChI=1S/C15H26N2S/c1-12-7-4-5-8-13(12)16-11-14(17(2)3)15-9-6-10-18-15/h6,9-10,12-14,16H,4-5,7-8,11H2,1-3H3. The van der Waals surface area contributed by atoms with Crippen molar-refractivity contribution in [3.05, 3.63) is 22.4 Å². The minimum Gasteiger partial charge on any atom is -0.312 e. The second kappa shape index (κ2) is 6.69. The Morgan fingerprint density at radius 3 is 2.78 bits per heavy atom.